The van der Waals surface area contributed by atoms with Crippen molar-refractivity contribution in [3.63, 3.8) is 0 Å². The molecule has 1 atom stereocenters. The predicted octanol–water partition coefficient (Wildman–Crippen LogP) is 4.37. The molecule has 0 aliphatic carbocycles. The minimum absolute atomic E-state index is 0.337. The van der Waals surface area contributed by atoms with Crippen LogP contribution in [0.4, 0.5) is 0 Å². The Hall–Kier alpha value is -0.840. The van der Waals surface area contributed by atoms with Gasteiger partial charge in [-0.15, -0.1) is 11.3 Å². The summed E-state index contributed by atoms with van der Waals surface area (Å²) in [5.41, 5.74) is 1.24. The second-order valence-corrected chi connectivity index (χ2v) is 6.01. The molecule has 96 valence electrons. The zero-order valence-electron chi connectivity index (χ0n) is 10.4. The largest absolute Gasteiger partial charge is 0.488 e. The highest BCUT2D eigenvalue weighted by molar-refractivity contribution is 9.10. The number of nitrogens with one attached hydrogen (secondary N) is 1. The summed E-state index contributed by atoms with van der Waals surface area (Å²) in [6.45, 7) is 2.75. The van der Waals surface area contributed by atoms with Crippen molar-refractivity contribution >= 4 is 27.3 Å². The fourth-order valence-electron chi connectivity index (χ4n) is 1.62. The molecule has 0 amide bonds. The van der Waals surface area contributed by atoms with Crippen molar-refractivity contribution in [2.45, 2.75) is 19.6 Å². The maximum atomic E-state index is 5.80. The molecule has 1 aromatic carbocycles. The van der Waals surface area contributed by atoms with Gasteiger partial charge in [0.2, 0.25) is 0 Å². The Bertz CT molecular complexity index is 512. The lowest BCUT2D eigenvalue weighted by Crippen LogP contribution is -2.12. The van der Waals surface area contributed by atoms with Gasteiger partial charge in [0, 0.05) is 20.8 Å². The van der Waals surface area contributed by atoms with Crippen LogP contribution in [0.2, 0.25) is 0 Å². The topological polar surface area (TPSA) is 21.3 Å². The smallest absolute Gasteiger partial charge is 0.122 e. The third kappa shape index (κ3) is 3.57. The molecule has 0 saturated heterocycles. The minimum Gasteiger partial charge on any atom is -0.488 e. The number of benzene rings is 1. The maximum absolute atomic E-state index is 5.80. The summed E-state index contributed by atoms with van der Waals surface area (Å²) in [5, 5.41) is 5.29. The molecule has 0 fully saturated rings. The number of thiophene rings is 1. The first-order valence-electron chi connectivity index (χ1n) is 5.82. The molecule has 0 radical (unpaired) electrons. The first-order valence-corrected chi connectivity index (χ1v) is 7.49. The first-order chi connectivity index (χ1) is 8.69. The van der Waals surface area contributed by atoms with Crippen molar-refractivity contribution in [2.24, 2.45) is 0 Å². The van der Waals surface area contributed by atoms with Gasteiger partial charge >= 0.3 is 0 Å². The van der Waals surface area contributed by atoms with Crippen LogP contribution in [0.1, 0.15) is 23.4 Å². The van der Waals surface area contributed by atoms with Gasteiger partial charge in [-0.3, -0.25) is 0 Å². The van der Waals surface area contributed by atoms with Gasteiger partial charge in [-0.2, -0.15) is 0 Å². The standard InChI is InChI=1S/C14H16BrNOS/c1-10(16-2)11-4-3-5-13(6-11)17-8-14-7-12(15)9-18-14/h3-7,9-10,16H,8H2,1-2H3. The maximum Gasteiger partial charge on any atom is 0.122 e. The summed E-state index contributed by atoms with van der Waals surface area (Å²) >= 11 is 5.14. The highest BCUT2D eigenvalue weighted by Crippen LogP contribution is 2.23. The quantitative estimate of drug-likeness (QED) is 0.881. The lowest BCUT2D eigenvalue weighted by Gasteiger charge is -2.12. The van der Waals surface area contributed by atoms with Gasteiger partial charge in [0.15, 0.2) is 0 Å². The highest BCUT2D eigenvalue weighted by Gasteiger charge is 2.04. The van der Waals surface area contributed by atoms with E-state index in [0.717, 1.165) is 10.2 Å². The van der Waals surface area contributed by atoms with E-state index in [0.29, 0.717) is 12.6 Å². The lowest BCUT2D eigenvalue weighted by molar-refractivity contribution is 0.309. The zero-order valence-corrected chi connectivity index (χ0v) is 12.8. The molecular formula is C14H16BrNOS. The van der Waals surface area contributed by atoms with E-state index >= 15 is 0 Å². The third-order valence-electron chi connectivity index (χ3n) is 2.79. The Morgan fingerprint density at radius 2 is 2.22 bits per heavy atom. The van der Waals surface area contributed by atoms with Crippen LogP contribution in [0, 0.1) is 0 Å². The van der Waals surface area contributed by atoms with Crippen LogP contribution in [0.3, 0.4) is 0 Å². The minimum atomic E-state index is 0.337. The van der Waals surface area contributed by atoms with Crippen molar-refractivity contribution in [1.29, 1.82) is 0 Å². The van der Waals surface area contributed by atoms with Crippen LogP contribution < -0.4 is 10.1 Å². The molecule has 2 nitrogen and oxygen atoms in total. The van der Waals surface area contributed by atoms with Gasteiger partial charge in [0.1, 0.15) is 12.4 Å². The van der Waals surface area contributed by atoms with Crippen LogP contribution in [0.25, 0.3) is 0 Å². The molecule has 1 unspecified atom stereocenters. The Balaban J connectivity index is 2.01. The van der Waals surface area contributed by atoms with E-state index in [1.807, 2.05) is 19.2 Å². The number of hydrogen-bond acceptors (Lipinski definition) is 3. The fraction of sp³-hybridized carbons (Fsp3) is 0.286. The predicted molar refractivity (Wildman–Crippen MR) is 80.3 cm³/mol. The molecule has 4 heteroatoms. The summed E-state index contributed by atoms with van der Waals surface area (Å²) < 4.78 is 6.92. The van der Waals surface area contributed by atoms with E-state index in [1.165, 1.54) is 10.4 Å². The van der Waals surface area contributed by atoms with Crippen LogP contribution in [0.15, 0.2) is 40.2 Å². The van der Waals surface area contributed by atoms with Gasteiger partial charge in [-0.05, 0) is 53.7 Å². The Morgan fingerprint density at radius 1 is 1.39 bits per heavy atom. The Morgan fingerprint density at radius 3 is 2.89 bits per heavy atom. The number of hydrogen-bond donors (Lipinski definition) is 1. The summed E-state index contributed by atoms with van der Waals surface area (Å²) in [4.78, 5) is 1.22. The van der Waals surface area contributed by atoms with Crippen LogP contribution >= 0.6 is 27.3 Å². The van der Waals surface area contributed by atoms with Crippen LogP contribution in [-0.4, -0.2) is 7.05 Å². The molecule has 1 N–H and O–H groups in total. The van der Waals surface area contributed by atoms with Crippen molar-refractivity contribution < 1.29 is 4.74 Å². The normalized spacial score (nSPS) is 12.4. The molecule has 2 rings (SSSR count). The van der Waals surface area contributed by atoms with E-state index < -0.39 is 0 Å². The molecule has 1 aromatic heterocycles. The van der Waals surface area contributed by atoms with E-state index in [9.17, 15) is 0 Å². The second-order valence-electron chi connectivity index (χ2n) is 4.10. The molecular weight excluding hydrogens is 310 g/mol. The summed E-state index contributed by atoms with van der Waals surface area (Å²) in [6.07, 6.45) is 0. The van der Waals surface area contributed by atoms with Gasteiger partial charge < -0.3 is 10.1 Å². The van der Waals surface area contributed by atoms with Gasteiger partial charge in [-0.1, -0.05) is 12.1 Å². The molecule has 2 aromatic rings. The van der Waals surface area contributed by atoms with Gasteiger partial charge in [0.05, 0.1) is 0 Å². The summed E-state index contributed by atoms with van der Waals surface area (Å²) in [6, 6.07) is 10.6. The Labute approximate surface area is 120 Å². The van der Waals surface area contributed by atoms with E-state index in [-0.39, 0.29) is 0 Å². The average molecular weight is 326 g/mol. The molecule has 0 spiro atoms. The number of halogens is 1. The first kappa shape index (κ1) is 13.6. The van der Waals surface area contributed by atoms with Crippen molar-refractivity contribution in [3.8, 4) is 5.75 Å². The summed E-state index contributed by atoms with van der Waals surface area (Å²) in [7, 11) is 1.96. The SMILES string of the molecule is CNC(C)c1cccc(OCc2cc(Br)cs2)c1. The molecule has 0 aliphatic heterocycles. The molecule has 1 heterocycles. The third-order valence-corrected chi connectivity index (χ3v) is 4.47. The second kappa shape index (κ2) is 6.36. The average Bonchev–Trinajstić information content (AvgIpc) is 2.81. The van der Waals surface area contributed by atoms with Crippen molar-refractivity contribution in [1.82, 2.24) is 5.32 Å². The monoisotopic (exact) mass is 325 g/mol. The van der Waals surface area contributed by atoms with Gasteiger partial charge in [-0.25, -0.2) is 0 Å². The van der Waals surface area contributed by atoms with Crippen LogP contribution in [0.5, 0.6) is 5.75 Å². The highest BCUT2D eigenvalue weighted by atomic mass is 79.9. The fourth-order valence-corrected chi connectivity index (χ4v) is 2.99. The van der Waals surface area contributed by atoms with Crippen LogP contribution in [-0.2, 0) is 6.61 Å². The van der Waals surface area contributed by atoms with Gasteiger partial charge in [0.25, 0.3) is 0 Å². The van der Waals surface area contributed by atoms with E-state index in [4.69, 9.17) is 4.74 Å². The van der Waals surface area contributed by atoms with Crippen molar-refractivity contribution in [3.05, 3.63) is 50.6 Å². The summed E-state index contributed by atoms with van der Waals surface area (Å²) in [5.74, 6) is 0.916. The van der Waals surface area contributed by atoms with E-state index in [1.54, 1.807) is 11.3 Å². The number of ether oxygens (including phenoxy) is 1. The number of rotatable bonds is 5. The van der Waals surface area contributed by atoms with Crippen molar-refractivity contribution in [2.75, 3.05) is 7.05 Å². The molecule has 0 saturated carbocycles. The molecule has 18 heavy (non-hydrogen) atoms. The lowest BCUT2D eigenvalue weighted by atomic mass is 10.1. The molecule has 0 aliphatic rings. The Kier molecular flexibility index (Phi) is 4.80. The molecule has 0 bridgehead atoms. The zero-order chi connectivity index (χ0) is 13.0. The van der Waals surface area contributed by atoms with E-state index in [2.05, 4.69) is 51.7 Å².